The van der Waals surface area contributed by atoms with Crippen molar-refractivity contribution in [3.05, 3.63) is 53.4 Å². The number of hydrogen-bond acceptors (Lipinski definition) is 1. The Labute approximate surface area is 86.2 Å². The van der Waals surface area contributed by atoms with Crippen LogP contribution < -0.4 is 0 Å². The van der Waals surface area contributed by atoms with Crippen molar-refractivity contribution < 1.29 is 8.78 Å². The number of rotatable bonds is 2. The molecule has 0 atom stereocenters. The SMILES string of the molecule is Cc1ccnn1Cc1cccc(F)c1F. The van der Waals surface area contributed by atoms with E-state index in [1.165, 1.54) is 6.07 Å². The largest absolute Gasteiger partial charge is 0.265 e. The fourth-order valence-corrected chi connectivity index (χ4v) is 1.40. The van der Waals surface area contributed by atoms with Gasteiger partial charge in [-0.05, 0) is 19.1 Å². The predicted molar refractivity (Wildman–Crippen MR) is 52.4 cm³/mol. The molecule has 1 heterocycles. The monoisotopic (exact) mass is 208 g/mol. The van der Waals surface area contributed by atoms with Gasteiger partial charge in [0.2, 0.25) is 0 Å². The summed E-state index contributed by atoms with van der Waals surface area (Å²) in [7, 11) is 0. The van der Waals surface area contributed by atoms with E-state index in [0.29, 0.717) is 5.56 Å². The first-order valence-electron chi connectivity index (χ1n) is 4.60. The second-order valence-corrected chi connectivity index (χ2v) is 3.34. The Kier molecular flexibility index (Phi) is 2.49. The summed E-state index contributed by atoms with van der Waals surface area (Å²) in [4.78, 5) is 0. The van der Waals surface area contributed by atoms with Gasteiger partial charge in [-0.25, -0.2) is 8.78 Å². The minimum atomic E-state index is -0.822. The molecule has 2 nitrogen and oxygen atoms in total. The second kappa shape index (κ2) is 3.81. The molecule has 0 saturated heterocycles. The quantitative estimate of drug-likeness (QED) is 0.741. The van der Waals surface area contributed by atoms with Gasteiger partial charge in [-0.2, -0.15) is 5.10 Å². The molecule has 0 saturated carbocycles. The van der Waals surface area contributed by atoms with E-state index >= 15 is 0 Å². The Hall–Kier alpha value is -1.71. The van der Waals surface area contributed by atoms with Gasteiger partial charge in [-0.1, -0.05) is 12.1 Å². The van der Waals surface area contributed by atoms with Gasteiger partial charge in [0.05, 0.1) is 6.54 Å². The average Bonchev–Trinajstić information content (AvgIpc) is 2.60. The Balaban J connectivity index is 2.33. The predicted octanol–water partition coefficient (Wildman–Crippen LogP) is 2.52. The zero-order valence-electron chi connectivity index (χ0n) is 8.24. The van der Waals surface area contributed by atoms with Crippen molar-refractivity contribution in [3.63, 3.8) is 0 Å². The summed E-state index contributed by atoms with van der Waals surface area (Å²) in [5.74, 6) is -1.62. The van der Waals surface area contributed by atoms with Crippen molar-refractivity contribution in [1.29, 1.82) is 0 Å². The van der Waals surface area contributed by atoms with Crippen LogP contribution in [-0.2, 0) is 6.54 Å². The molecule has 0 aliphatic carbocycles. The minimum absolute atomic E-state index is 0.252. The van der Waals surface area contributed by atoms with Crippen LogP contribution in [0.3, 0.4) is 0 Å². The van der Waals surface area contributed by atoms with Crippen molar-refractivity contribution >= 4 is 0 Å². The number of aryl methyl sites for hydroxylation is 1. The summed E-state index contributed by atoms with van der Waals surface area (Å²) in [5, 5.41) is 4.01. The highest BCUT2D eigenvalue weighted by Gasteiger charge is 2.08. The lowest BCUT2D eigenvalue weighted by Crippen LogP contribution is -2.06. The first-order valence-corrected chi connectivity index (χ1v) is 4.60. The van der Waals surface area contributed by atoms with Crippen molar-refractivity contribution in [3.8, 4) is 0 Å². The summed E-state index contributed by atoms with van der Waals surface area (Å²) < 4.78 is 27.8. The van der Waals surface area contributed by atoms with Crippen molar-refractivity contribution in [2.75, 3.05) is 0 Å². The number of hydrogen-bond donors (Lipinski definition) is 0. The minimum Gasteiger partial charge on any atom is -0.265 e. The normalized spacial score (nSPS) is 10.6. The molecule has 0 radical (unpaired) electrons. The van der Waals surface area contributed by atoms with Gasteiger partial charge >= 0.3 is 0 Å². The Morgan fingerprint density at radius 2 is 2.07 bits per heavy atom. The maximum atomic E-state index is 13.3. The van der Waals surface area contributed by atoms with Crippen LogP contribution in [0.2, 0.25) is 0 Å². The first-order chi connectivity index (χ1) is 7.18. The zero-order valence-corrected chi connectivity index (χ0v) is 8.24. The van der Waals surface area contributed by atoms with Crippen LogP contribution >= 0.6 is 0 Å². The van der Waals surface area contributed by atoms with Crippen molar-refractivity contribution in [1.82, 2.24) is 9.78 Å². The van der Waals surface area contributed by atoms with Gasteiger partial charge in [0, 0.05) is 17.5 Å². The molecular formula is C11H10F2N2. The van der Waals surface area contributed by atoms with Gasteiger partial charge in [-0.3, -0.25) is 4.68 Å². The molecule has 4 heteroatoms. The van der Waals surface area contributed by atoms with E-state index in [2.05, 4.69) is 5.10 Å². The van der Waals surface area contributed by atoms with Gasteiger partial charge in [0.15, 0.2) is 11.6 Å². The van der Waals surface area contributed by atoms with Crippen LogP contribution in [0, 0.1) is 18.6 Å². The van der Waals surface area contributed by atoms with Gasteiger partial charge < -0.3 is 0 Å². The Bertz CT molecular complexity index is 477. The number of benzene rings is 1. The molecule has 0 amide bonds. The zero-order chi connectivity index (χ0) is 10.8. The number of halogens is 2. The third-order valence-electron chi connectivity index (χ3n) is 2.28. The average molecular weight is 208 g/mol. The standard InChI is InChI=1S/C11H10F2N2/c1-8-5-6-14-15(8)7-9-3-2-4-10(12)11(9)13/h2-6H,7H2,1H3. The molecule has 0 fully saturated rings. The summed E-state index contributed by atoms with van der Waals surface area (Å²) in [5.41, 5.74) is 1.22. The van der Waals surface area contributed by atoms with Crippen molar-refractivity contribution in [2.24, 2.45) is 0 Å². The molecule has 15 heavy (non-hydrogen) atoms. The Morgan fingerprint density at radius 1 is 1.27 bits per heavy atom. The molecule has 2 rings (SSSR count). The smallest absolute Gasteiger partial charge is 0.163 e. The molecule has 1 aromatic carbocycles. The maximum absolute atomic E-state index is 13.3. The lowest BCUT2D eigenvalue weighted by Gasteiger charge is -2.05. The molecular weight excluding hydrogens is 198 g/mol. The van der Waals surface area contributed by atoms with E-state index in [1.54, 1.807) is 16.9 Å². The van der Waals surface area contributed by atoms with Gasteiger partial charge in [0.1, 0.15) is 0 Å². The lowest BCUT2D eigenvalue weighted by atomic mass is 10.2. The summed E-state index contributed by atoms with van der Waals surface area (Å²) in [6.07, 6.45) is 1.63. The molecule has 0 unspecified atom stereocenters. The third kappa shape index (κ3) is 1.88. The summed E-state index contributed by atoms with van der Waals surface area (Å²) in [6, 6.07) is 5.97. The van der Waals surface area contributed by atoms with E-state index in [4.69, 9.17) is 0 Å². The Morgan fingerprint density at radius 3 is 2.73 bits per heavy atom. The van der Waals surface area contributed by atoms with Crippen LogP contribution in [0.15, 0.2) is 30.5 Å². The van der Waals surface area contributed by atoms with Crippen LogP contribution in [0.4, 0.5) is 8.78 Å². The molecule has 2 aromatic rings. The van der Waals surface area contributed by atoms with Crippen LogP contribution in [0.1, 0.15) is 11.3 Å². The van der Waals surface area contributed by atoms with E-state index in [-0.39, 0.29) is 6.54 Å². The molecule has 78 valence electrons. The topological polar surface area (TPSA) is 17.8 Å². The fraction of sp³-hybridized carbons (Fsp3) is 0.182. The van der Waals surface area contributed by atoms with E-state index in [1.807, 2.05) is 13.0 Å². The highest BCUT2D eigenvalue weighted by Crippen LogP contribution is 2.13. The van der Waals surface area contributed by atoms with Crippen molar-refractivity contribution in [2.45, 2.75) is 13.5 Å². The van der Waals surface area contributed by atoms with E-state index < -0.39 is 11.6 Å². The highest BCUT2D eigenvalue weighted by molar-refractivity contribution is 5.19. The van der Waals surface area contributed by atoms with E-state index in [9.17, 15) is 8.78 Å². The van der Waals surface area contributed by atoms with E-state index in [0.717, 1.165) is 11.8 Å². The van der Waals surface area contributed by atoms with Gasteiger partial charge in [0.25, 0.3) is 0 Å². The molecule has 0 spiro atoms. The summed E-state index contributed by atoms with van der Waals surface area (Å²) in [6.45, 7) is 2.12. The van der Waals surface area contributed by atoms with Crippen LogP contribution in [0.5, 0.6) is 0 Å². The number of nitrogens with zero attached hydrogens (tertiary/aromatic N) is 2. The van der Waals surface area contributed by atoms with Gasteiger partial charge in [-0.15, -0.1) is 0 Å². The number of aromatic nitrogens is 2. The first kappa shape index (κ1) is 9.83. The molecule has 0 N–H and O–H groups in total. The van der Waals surface area contributed by atoms with Crippen LogP contribution in [-0.4, -0.2) is 9.78 Å². The maximum Gasteiger partial charge on any atom is 0.163 e. The second-order valence-electron chi connectivity index (χ2n) is 3.34. The lowest BCUT2D eigenvalue weighted by molar-refractivity contribution is 0.491. The molecule has 0 aliphatic rings. The third-order valence-corrected chi connectivity index (χ3v) is 2.28. The molecule has 1 aromatic heterocycles. The molecule has 0 aliphatic heterocycles. The van der Waals surface area contributed by atoms with Crippen LogP contribution in [0.25, 0.3) is 0 Å². The highest BCUT2D eigenvalue weighted by atomic mass is 19.2. The summed E-state index contributed by atoms with van der Waals surface area (Å²) >= 11 is 0. The fourth-order valence-electron chi connectivity index (χ4n) is 1.40. The molecule has 0 bridgehead atoms.